The molecule has 9 heteroatoms. The molecular formula is C19H17N7O2. The number of hydrogen-bond donors (Lipinski definition) is 3. The van der Waals surface area contributed by atoms with Gasteiger partial charge in [-0.25, -0.2) is 0 Å². The van der Waals surface area contributed by atoms with Crippen LogP contribution in [0, 0.1) is 6.92 Å². The number of nitrogens with zero attached hydrogens (tertiary/aromatic N) is 4. The molecule has 0 atom stereocenters. The van der Waals surface area contributed by atoms with Gasteiger partial charge in [-0.05, 0) is 42.8 Å². The monoisotopic (exact) mass is 375 g/mol. The first kappa shape index (κ1) is 17.3. The third-order valence-electron chi connectivity index (χ3n) is 3.74. The lowest BCUT2D eigenvalue weighted by atomic mass is 10.2. The van der Waals surface area contributed by atoms with E-state index in [2.05, 4.69) is 25.5 Å². The Balaban J connectivity index is 1.54. The molecule has 0 saturated carbocycles. The van der Waals surface area contributed by atoms with Gasteiger partial charge in [-0.2, -0.15) is 9.97 Å². The van der Waals surface area contributed by atoms with E-state index in [0.717, 1.165) is 11.3 Å². The summed E-state index contributed by atoms with van der Waals surface area (Å²) in [6.45, 7) is 2.01. The molecule has 0 fully saturated rings. The van der Waals surface area contributed by atoms with Crippen LogP contribution in [0.1, 0.15) is 5.56 Å². The summed E-state index contributed by atoms with van der Waals surface area (Å²) in [6.07, 6.45) is 0. The SMILES string of the molecule is Cc1cccc(Nc2nnc(-c3cccc(Oc4cc(N)nc(N)n4)c3)o2)c1. The Hall–Kier alpha value is -4.14. The number of ether oxygens (including phenoxy) is 1. The van der Waals surface area contributed by atoms with E-state index >= 15 is 0 Å². The molecular weight excluding hydrogens is 358 g/mol. The van der Waals surface area contributed by atoms with Gasteiger partial charge in [0, 0.05) is 17.3 Å². The lowest BCUT2D eigenvalue weighted by Crippen LogP contribution is -2.00. The highest BCUT2D eigenvalue weighted by molar-refractivity contribution is 5.58. The summed E-state index contributed by atoms with van der Waals surface area (Å²) >= 11 is 0. The molecule has 0 saturated heterocycles. The quantitative estimate of drug-likeness (QED) is 0.478. The Bertz CT molecular complexity index is 1110. The number of anilines is 4. The fraction of sp³-hybridized carbons (Fsp3) is 0.0526. The van der Waals surface area contributed by atoms with E-state index in [9.17, 15) is 0 Å². The van der Waals surface area contributed by atoms with Gasteiger partial charge >= 0.3 is 6.01 Å². The maximum absolute atomic E-state index is 5.70. The summed E-state index contributed by atoms with van der Waals surface area (Å²) in [6, 6.07) is 16.8. The molecule has 0 spiro atoms. The van der Waals surface area contributed by atoms with Gasteiger partial charge in [-0.15, -0.1) is 5.10 Å². The lowest BCUT2D eigenvalue weighted by Gasteiger charge is -2.06. The van der Waals surface area contributed by atoms with Gasteiger partial charge in [0.1, 0.15) is 11.6 Å². The minimum atomic E-state index is 0.0370. The highest BCUT2D eigenvalue weighted by Gasteiger charge is 2.11. The highest BCUT2D eigenvalue weighted by Crippen LogP contribution is 2.28. The molecule has 5 N–H and O–H groups in total. The first-order chi connectivity index (χ1) is 13.5. The topological polar surface area (TPSA) is 138 Å². The second-order valence-corrected chi connectivity index (χ2v) is 6.03. The van der Waals surface area contributed by atoms with E-state index in [1.807, 2.05) is 37.3 Å². The van der Waals surface area contributed by atoms with Crippen molar-refractivity contribution in [3.8, 4) is 23.1 Å². The van der Waals surface area contributed by atoms with E-state index in [1.54, 1.807) is 18.2 Å². The van der Waals surface area contributed by atoms with Gasteiger partial charge < -0.3 is 25.9 Å². The number of nitrogens with one attached hydrogen (secondary N) is 1. The highest BCUT2D eigenvalue weighted by atomic mass is 16.5. The fourth-order valence-electron chi connectivity index (χ4n) is 2.56. The Morgan fingerprint density at radius 3 is 2.64 bits per heavy atom. The third kappa shape index (κ3) is 3.98. The van der Waals surface area contributed by atoms with E-state index < -0.39 is 0 Å². The Morgan fingerprint density at radius 1 is 0.964 bits per heavy atom. The molecule has 4 rings (SSSR count). The Kier molecular flexibility index (Phi) is 4.47. The van der Waals surface area contributed by atoms with Crippen LogP contribution >= 0.6 is 0 Å². The lowest BCUT2D eigenvalue weighted by molar-refractivity contribution is 0.463. The summed E-state index contributed by atoms with van der Waals surface area (Å²) in [4.78, 5) is 7.80. The molecule has 0 unspecified atom stereocenters. The molecule has 2 heterocycles. The normalized spacial score (nSPS) is 10.6. The molecule has 0 bridgehead atoms. The molecule has 2 aromatic heterocycles. The zero-order valence-electron chi connectivity index (χ0n) is 15.0. The maximum Gasteiger partial charge on any atom is 0.320 e. The Labute approximate surface area is 160 Å². The molecule has 9 nitrogen and oxygen atoms in total. The van der Waals surface area contributed by atoms with Crippen LogP contribution in [-0.2, 0) is 0 Å². The van der Waals surface area contributed by atoms with Crippen molar-refractivity contribution in [2.24, 2.45) is 0 Å². The van der Waals surface area contributed by atoms with E-state index in [1.165, 1.54) is 6.07 Å². The predicted octanol–water partition coefficient (Wildman–Crippen LogP) is 3.54. The molecule has 0 aliphatic carbocycles. The second kappa shape index (κ2) is 7.23. The number of aromatic nitrogens is 4. The molecule has 28 heavy (non-hydrogen) atoms. The van der Waals surface area contributed by atoms with Crippen molar-refractivity contribution in [2.75, 3.05) is 16.8 Å². The van der Waals surface area contributed by atoms with Crippen molar-refractivity contribution in [3.63, 3.8) is 0 Å². The van der Waals surface area contributed by atoms with Gasteiger partial charge in [0.25, 0.3) is 0 Å². The van der Waals surface area contributed by atoms with Crippen LogP contribution in [0.5, 0.6) is 11.6 Å². The predicted molar refractivity (Wildman–Crippen MR) is 105 cm³/mol. The molecule has 140 valence electrons. The number of nitrogens with two attached hydrogens (primary N) is 2. The molecule has 2 aromatic carbocycles. The molecule has 0 amide bonds. The van der Waals surface area contributed by atoms with Gasteiger partial charge in [-0.1, -0.05) is 23.3 Å². The van der Waals surface area contributed by atoms with Crippen molar-refractivity contribution in [3.05, 3.63) is 60.2 Å². The number of nitrogen functional groups attached to an aromatic ring is 2. The van der Waals surface area contributed by atoms with Crippen molar-refractivity contribution in [2.45, 2.75) is 6.92 Å². The average Bonchev–Trinajstić information content (AvgIpc) is 3.09. The van der Waals surface area contributed by atoms with Crippen LogP contribution in [-0.4, -0.2) is 20.2 Å². The van der Waals surface area contributed by atoms with Gasteiger partial charge in [0.2, 0.25) is 17.7 Å². The van der Waals surface area contributed by atoms with Crippen molar-refractivity contribution in [1.82, 2.24) is 20.2 Å². The van der Waals surface area contributed by atoms with Gasteiger partial charge in [-0.3, -0.25) is 0 Å². The Morgan fingerprint density at radius 2 is 1.82 bits per heavy atom. The number of hydrogen-bond acceptors (Lipinski definition) is 9. The van der Waals surface area contributed by atoms with Crippen molar-refractivity contribution >= 4 is 23.5 Å². The number of aryl methyl sites for hydroxylation is 1. The van der Waals surface area contributed by atoms with Crippen LogP contribution < -0.4 is 21.5 Å². The third-order valence-corrected chi connectivity index (χ3v) is 3.74. The molecule has 4 aromatic rings. The van der Waals surface area contributed by atoms with E-state index in [0.29, 0.717) is 23.2 Å². The second-order valence-electron chi connectivity index (χ2n) is 6.03. The number of benzene rings is 2. The van der Waals surface area contributed by atoms with Crippen molar-refractivity contribution in [1.29, 1.82) is 0 Å². The molecule has 0 aliphatic heterocycles. The first-order valence-electron chi connectivity index (χ1n) is 8.41. The maximum atomic E-state index is 5.70. The first-order valence-corrected chi connectivity index (χ1v) is 8.41. The summed E-state index contributed by atoms with van der Waals surface area (Å²) in [5.41, 5.74) is 13.9. The van der Waals surface area contributed by atoms with Crippen LogP contribution in [0.25, 0.3) is 11.5 Å². The molecule has 0 aliphatic rings. The zero-order valence-corrected chi connectivity index (χ0v) is 15.0. The summed E-state index contributed by atoms with van der Waals surface area (Å²) in [5, 5.41) is 11.2. The van der Waals surface area contributed by atoms with Crippen LogP contribution in [0.15, 0.2) is 59.0 Å². The van der Waals surface area contributed by atoms with Crippen molar-refractivity contribution < 1.29 is 9.15 Å². The smallest absolute Gasteiger partial charge is 0.320 e. The van der Waals surface area contributed by atoms with E-state index in [-0.39, 0.29) is 17.6 Å². The summed E-state index contributed by atoms with van der Waals surface area (Å²) in [5.74, 6) is 1.37. The minimum absolute atomic E-state index is 0.0370. The van der Waals surface area contributed by atoms with Crippen LogP contribution in [0.2, 0.25) is 0 Å². The summed E-state index contributed by atoms with van der Waals surface area (Å²) < 4.78 is 11.4. The number of rotatable bonds is 5. The van der Waals surface area contributed by atoms with Gasteiger partial charge in [0.05, 0.1) is 0 Å². The van der Waals surface area contributed by atoms with Crippen LogP contribution in [0.3, 0.4) is 0 Å². The zero-order chi connectivity index (χ0) is 19.5. The minimum Gasteiger partial charge on any atom is -0.439 e. The summed E-state index contributed by atoms with van der Waals surface area (Å²) in [7, 11) is 0. The van der Waals surface area contributed by atoms with Gasteiger partial charge in [0.15, 0.2) is 0 Å². The van der Waals surface area contributed by atoms with Crippen LogP contribution in [0.4, 0.5) is 23.5 Å². The van der Waals surface area contributed by atoms with E-state index in [4.69, 9.17) is 20.6 Å². The fourth-order valence-corrected chi connectivity index (χ4v) is 2.56. The largest absolute Gasteiger partial charge is 0.439 e. The average molecular weight is 375 g/mol. The molecule has 0 radical (unpaired) electrons. The standard InChI is InChI=1S/C19H17N7O2/c1-11-4-2-6-13(8-11)22-19-26-25-17(28-19)12-5-3-7-14(9-12)27-16-10-15(20)23-18(21)24-16/h2-10H,1H3,(H,22,26)(H4,20,21,23,24).